The summed E-state index contributed by atoms with van der Waals surface area (Å²) in [6.45, 7) is 8.47. The molecule has 32 heavy (non-hydrogen) atoms. The van der Waals surface area contributed by atoms with Crippen molar-refractivity contribution in [2.24, 2.45) is 0 Å². The van der Waals surface area contributed by atoms with E-state index in [2.05, 4.69) is 25.8 Å². The third-order valence-electron chi connectivity index (χ3n) is 4.78. The van der Waals surface area contributed by atoms with Crippen molar-refractivity contribution in [3.8, 4) is 5.75 Å². The Morgan fingerprint density at radius 3 is 2.66 bits per heavy atom. The van der Waals surface area contributed by atoms with Gasteiger partial charge in [0.2, 0.25) is 5.91 Å². The highest BCUT2D eigenvalue weighted by atomic mass is 32.2. The Bertz CT molecular complexity index is 1090. The third-order valence-corrected chi connectivity index (χ3v) is 6.85. The van der Waals surface area contributed by atoms with Gasteiger partial charge in [-0.3, -0.25) is 9.59 Å². The van der Waals surface area contributed by atoms with Crippen LogP contribution in [0.4, 0.5) is 5.13 Å². The van der Waals surface area contributed by atoms with Crippen LogP contribution >= 0.6 is 23.1 Å². The lowest BCUT2D eigenvalue weighted by molar-refractivity contribution is -0.115. The quantitative estimate of drug-likeness (QED) is 0.457. The van der Waals surface area contributed by atoms with Gasteiger partial charge in [-0.1, -0.05) is 23.9 Å². The van der Waals surface area contributed by atoms with Gasteiger partial charge in [0, 0.05) is 11.4 Å². The van der Waals surface area contributed by atoms with Gasteiger partial charge < -0.3 is 19.9 Å². The van der Waals surface area contributed by atoms with E-state index in [1.807, 2.05) is 32.3 Å². The van der Waals surface area contributed by atoms with E-state index in [-0.39, 0.29) is 18.4 Å². The van der Waals surface area contributed by atoms with E-state index < -0.39 is 5.25 Å². The lowest BCUT2D eigenvalue weighted by atomic mass is 10.2. The number of hydrogen-bond acceptors (Lipinski definition) is 8. The van der Waals surface area contributed by atoms with Crippen molar-refractivity contribution in [3.63, 3.8) is 0 Å². The van der Waals surface area contributed by atoms with E-state index in [9.17, 15) is 9.59 Å². The second-order valence-electron chi connectivity index (χ2n) is 6.94. The minimum absolute atomic E-state index is 0.152. The van der Waals surface area contributed by atoms with Crippen molar-refractivity contribution in [2.45, 2.75) is 51.2 Å². The van der Waals surface area contributed by atoms with Crippen LogP contribution in [0.15, 0.2) is 29.4 Å². The first-order chi connectivity index (χ1) is 15.3. The maximum Gasteiger partial charge on any atom is 0.255 e. The fourth-order valence-corrected chi connectivity index (χ4v) is 4.64. The molecule has 1 aromatic carbocycles. The molecule has 9 nitrogen and oxygen atoms in total. The molecule has 0 saturated heterocycles. The fourth-order valence-electron chi connectivity index (χ4n) is 2.89. The first kappa shape index (κ1) is 23.7. The Kier molecular flexibility index (Phi) is 7.86. The Morgan fingerprint density at radius 2 is 2.00 bits per heavy atom. The van der Waals surface area contributed by atoms with Crippen molar-refractivity contribution in [1.82, 2.24) is 25.1 Å². The van der Waals surface area contributed by atoms with Crippen LogP contribution < -0.4 is 15.4 Å². The van der Waals surface area contributed by atoms with Crippen molar-refractivity contribution in [3.05, 3.63) is 46.2 Å². The number of thioether (sulfide) groups is 1. The molecule has 0 bridgehead atoms. The van der Waals surface area contributed by atoms with Gasteiger partial charge in [0.15, 0.2) is 16.1 Å². The van der Waals surface area contributed by atoms with Crippen LogP contribution in [0, 0.1) is 13.8 Å². The summed E-state index contributed by atoms with van der Waals surface area (Å²) in [6.07, 6.45) is 0. The predicted molar refractivity (Wildman–Crippen MR) is 125 cm³/mol. The number of anilines is 1. The van der Waals surface area contributed by atoms with Gasteiger partial charge >= 0.3 is 0 Å². The number of aryl methyl sites for hydroxylation is 2. The summed E-state index contributed by atoms with van der Waals surface area (Å²) < 4.78 is 7.13. The van der Waals surface area contributed by atoms with Crippen molar-refractivity contribution < 1.29 is 14.3 Å². The summed E-state index contributed by atoms with van der Waals surface area (Å²) in [4.78, 5) is 30.6. The second kappa shape index (κ2) is 10.6. The first-order valence-corrected chi connectivity index (χ1v) is 11.8. The number of para-hydroxylation sites is 1. The van der Waals surface area contributed by atoms with Gasteiger partial charge in [-0.25, -0.2) is 4.98 Å². The molecule has 1 atom stereocenters. The monoisotopic (exact) mass is 474 g/mol. The number of rotatable bonds is 9. The molecule has 0 spiro atoms. The lowest BCUT2D eigenvalue weighted by Gasteiger charge is -2.12. The minimum atomic E-state index is -0.398. The van der Waals surface area contributed by atoms with E-state index in [1.165, 1.54) is 30.2 Å². The number of ether oxygens (including phenoxy) is 1. The molecule has 0 aliphatic heterocycles. The van der Waals surface area contributed by atoms with Crippen LogP contribution in [-0.4, -0.2) is 43.9 Å². The summed E-state index contributed by atoms with van der Waals surface area (Å²) in [5.41, 5.74) is 1.36. The van der Waals surface area contributed by atoms with Crippen LogP contribution in [-0.2, 0) is 17.9 Å². The zero-order valence-electron chi connectivity index (χ0n) is 18.6. The van der Waals surface area contributed by atoms with Gasteiger partial charge in [0.1, 0.15) is 5.75 Å². The molecule has 0 aliphatic rings. The largest absolute Gasteiger partial charge is 0.496 e. The molecular formula is C21H26N6O3S2. The lowest BCUT2D eigenvalue weighted by Crippen LogP contribution is -2.25. The van der Waals surface area contributed by atoms with E-state index >= 15 is 0 Å². The van der Waals surface area contributed by atoms with Gasteiger partial charge in [0.25, 0.3) is 5.91 Å². The maximum atomic E-state index is 12.6. The number of benzene rings is 1. The summed E-state index contributed by atoms with van der Waals surface area (Å²) in [5.74, 6) is 0.699. The van der Waals surface area contributed by atoms with Gasteiger partial charge in [-0.15, -0.1) is 21.5 Å². The first-order valence-electron chi connectivity index (χ1n) is 10.1. The van der Waals surface area contributed by atoms with Crippen molar-refractivity contribution >= 4 is 40.0 Å². The Labute approximate surface area is 195 Å². The molecule has 0 aliphatic carbocycles. The van der Waals surface area contributed by atoms with Gasteiger partial charge in [0.05, 0.1) is 30.2 Å². The maximum absolute atomic E-state index is 12.6. The molecule has 3 rings (SSSR count). The van der Waals surface area contributed by atoms with Crippen molar-refractivity contribution in [1.29, 1.82) is 0 Å². The summed E-state index contributed by atoms with van der Waals surface area (Å²) in [7, 11) is 1.53. The van der Waals surface area contributed by atoms with E-state index in [4.69, 9.17) is 4.74 Å². The van der Waals surface area contributed by atoms with Gasteiger partial charge in [-0.05, 0) is 39.8 Å². The number of carbonyl (C=O) groups excluding carboxylic acids is 2. The number of thiazole rings is 1. The highest BCUT2D eigenvalue weighted by Crippen LogP contribution is 2.26. The molecule has 11 heteroatoms. The van der Waals surface area contributed by atoms with Crippen LogP contribution in [0.2, 0.25) is 0 Å². The summed E-state index contributed by atoms with van der Waals surface area (Å²) in [5, 5.41) is 15.0. The summed E-state index contributed by atoms with van der Waals surface area (Å²) in [6, 6.07) is 7.02. The third kappa shape index (κ3) is 5.46. The second-order valence-corrected chi connectivity index (χ2v) is 9.45. The molecule has 2 aromatic heterocycles. The predicted octanol–water partition coefficient (Wildman–Crippen LogP) is 3.43. The number of methoxy groups -OCH3 is 1. The zero-order valence-corrected chi connectivity index (χ0v) is 20.3. The van der Waals surface area contributed by atoms with Crippen LogP contribution in [0.3, 0.4) is 0 Å². The average Bonchev–Trinajstić information content (AvgIpc) is 3.32. The smallest absolute Gasteiger partial charge is 0.255 e. The molecule has 3 aromatic rings. The molecule has 0 saturated carbocycles. The molecule has 2 heterocycles. The number of carbonyl (C=O) groups is 2. The Balaban J connectivity index is 1.63. The molecule has 0 fully saturated rings. The van der Waals surface area contributed by atoms with Crippen LogP contribution in [0.5, 0.6) is 5.75 Å². The number of amides is 2. The zero-order chi connectivity index (χ0) is 23.3. The molecule has 0 radical (unpaired) electrons. The molecular weight excluding hydrogens is 448 g/mol. The average molecular weight is 475 g/mol. The molecule has 1 unspecified atom stereocenters. The molecule has 170 valence electrons. The Hall–Kier alpha value is -2.92. The van der Waals surface area contributed by atoms with Crippen molar-refractivity contribution in [2.75, 3.05) is 12.4 Å². The van der Waals surface area contributed by atoms with Gasteiger partial charge in [-0.2, -0.15) is 0 Å². The number of aromatic nitrogens is 4. The van der Waals surface area contributed by atoms with Crippen LogP contribution in [0.1, 0.15) is 40.6 Å². The van der Waals surface area contributed by atoms with E-state index in [0.717, 1.165) is 10.6 Å². The SMILES string of the molecule is CCn1c(CNC(=O)c2ccccc2OC)nnc1SC(C)C(=O)Nc1nc(C)c(C)s1. The number of hydrogen-bond donors (Lipinski definition) is 2. The fraction of sp³-hybridized carbons (Fsp3) is 0.381. The number of nitrogens with zero attached hydrogens (tertiary/aromatic N) is 4. The standard InChI is InChI=1S/C21H26N6O3S2/c1-6-27-17(11-22-19(29)15-9-7-8-10-16(15)30-5)25-26-21(27)32-14(4)18(28)24-20-23-12(2)13(3)31-20/h7-10,14H,6,11H2,1-5H3,(H,22,29)(H,23,24,28). The number of nitrogens with one attached hydrogen (secondary N) is 2. The molecule has 2 N–H and O–H groups in total. The topological polar surface area (TPSA) is 111 Å². The van der Waals surface area contributed by atoms with Crippen LogP contribution in [0.25, 0.3) is 0 Å². The Morgan fingerprint density at radius 1 is 1.25 bits per heavy atom. The normalized spacial score (nSPS) is 11.8. The highest BCUT2D eigenvalue weighted by molar-refractivity contribution is 8.00. The van der Waals surface area contributed by atoms with E-state index in [1.54, 1.807) is 24.3 Å². The minimum Gasteiger partial charge on any atom is -0.496 e. The highest BCUT2D eigenvalue weighted by Gasteiger charge is 2.21. The molecule has 2 amide bonds. The summed E-state index contributed by atoms with van der Waals surface area (Å²) >= 11 is 2.77. The van der Waals surface area contributed by atoms with E-state index in [0.29, 0.717) is 34.0 Å².